The molecule has 0 spiro atoms. The number of halogens is 3. The molecule has 1 heterocycles. The summed E-state index contributed by atoms with van der Waals surface area (Å²) >= 11 is 12.2. The lowest BCUT2D eigenvalue weighted by Crippen LogP contribution is -2.16. The topological polar surface area (TPSA) is 81.2 Å². The maximum Gasteiger partial charge on any atom is 0.265 e. The first kappa shape index (κ1) is 16.5. The highest BCUT2D eigenvalue weighted by atomic mass is 79.9. The van der Waals surface area contributed by atoms with Gasteiger partial charge in [-0.25, -0.2) is 18.1 Å². The van der Waals surface area contributed by atoms with Crippen molar-refractivity contribution in [1.29, 1.82) is 0 Å². The van der Waals surface area contributed by atoms with Gasteiger partial charge in [-0.1, -0.05) is 27.5 Å². The second-order valence-electron chi connectivity index (χ2n) is 3.74. The molecule has 1 N–H and O–H groups in total. The Morgan fingerprint density at radius 1 is 1.24 bits per heavy atom. The highest BCUT2D eigenvalue weighted by Gasteiger charge is 2.20. The van der Waals surface area contributed by atoms with Gasteiger partial charge in [-0.05, 0) is 34.1 Å². The summed E-state index contributed by atoms with van der Waals surface area (Å²) in [4.78, 5) is 7.73. The largest absolute Gasteiger partial charge is 0.481 e. The van der Waals surface area contributed by atoms with Gasteiger partial charge in [-0.15, -0.1) is 0 Å². The number of hydrogen-bond acceptors (Lipinski definition) is 5. The number of benzene rings is 1. The van der Waals surface area contributed by atoms with Gasteiger partial charge in [-0.2, -0.15) is 4.98 Å². The molecule has 0 unspecified atom stereocenters. The summed E-state index contributed by atoms with van der Waals surface area (Å²) in [6, 6.07) is 6.04. The smallest absolute Gasteiger partial charge is 0.265 e. The van der Waals surface area contributed by atoms with Gasteiger partial charge in [0.25, 0.3) is 10.0 Å². The second kappa shape index (κ2) is 6.47. The van der Waals surface area contributed by atoms with Crippen LogP contribution in [0.15, 0.2) is 38.1 Å². The van der Waals surface area contributed by atoms with Gasteiger partial charge in [0.1, 0.15) is 10.0 Å². The van der Waals surface area contributed by atoms with E-state index in [9.17, 15) is 8.42 Å². The first-order chi connectivity index (χ1) is 9.81. The van der Waals surface area contributed by atoms with Gasteiger partial charge in [0, 0.05) is 15.0 Å². The van der Waals surface area contributed by atoms with E-state index in [-0.39, 0.29) is 21.9 Å². The van der Waals surface area contributed by atoms with Crippen LogP contribution in [-0.4, -0.2) is 25.5 Å². The molecule has 1 aromatic heterocycles. The van der Waals surface area contributed by atoms with Crippen LogP contribution in [0.4, 0.5) is 5.95 Å². The monoisotopic (exact) mass is 455 g/mol. The van der Waals surface area contributed by atoms with Crippen molar-refractivity contribution >= 4 is 59.4 Å². The molecule has 21 heavy (non-hydrogen) atoms. The number of nitrogens with one attached hydrogen (secondary N) is 1. The first-order valence-corrected chi connectivity index (χ1v) is 8.83. The van der Waals surface area contributed by atoms with Gasteiger partial charge in [0.05, 0.1) is 7.11 Å². The molecule has 2 aromatic rings. The van der Waals surface area contributed by atoms with Crippen LogP contribution in [0.3, 0.4) is 0 Å². The first-order valence-electron chi connectivity index (χ1n) is 5.38. The molecular weight excluding hydrogens is 449 g/mol. The minimum atomic E-state index is -3.86. The Morgan fingerprint density at radius 2 is 1.95 bits per heavy atom. The lowest BCUT2D eigenvalue weighted by molar-refractivity contribution is 0.397. The number of anilines is 1. The summed E-state index contributed by atoms with van der Waals surface area (Å²) in [6.45, 7) is 0. The number of rotatable bonds is 4. The van der Waals surface area contributed by atoms with Crippen LogP contribution in [0.1, 0.15) is 0 Å². The Morgan fingerprint density at radius 3 is 2.57 bits per heavy atom. The van der Waals surface area contributed by atoms with E-state index in [1.807, 2.05) is 0 Å². The van der Waals surface area contributed by atoms with Crippen molar-refractivity contribution in [3.63, 3.8) is 0 Å². The van der Waals surface area contributed by atoms with Crippen LogP contribution in [0.5, 0.6) is 5.88 Å². The molecule has 0 aliphatic rings. The average Bonchev–Trinajstić information content (AvgIpc) is 2.36. The Kier molecular flexibility index (Phi) is 5.07. The summed E-state index contributed by atoms with van der Waals surface area (Å²) in [5, 5.41) is 0.0643. The minimum Gasteiger partial charge on any atom is -0.481 e. The SMILES string of the molecule is COc1cc(Cl)nc(NS(=O)(=O)c2ccc(Br)cc2Br)n1. The second-order valence-corrected chi connectivity index (χ2v) is 7.54. The van der Waals surface area contributed by atoms with Crippen LogP contribution in [0.2, 0.25) is 5.15 Å². The average molecular weight is 458 g/mol. The van der Waals surface area contributed by atoms with Crippen LogP contribution < -0.4 is 9.46 Å². The Balaban J connectivity index is 2.39. The fourth-order valence-corrected chi connectivity index (χ4v) is 4.28. The summed E-state index contributed by atoms with van der Waals surface area (Å²) in [5.74, 6) is -0.0169. The molecule has 0 fully saturated rings. The van der Waals surface area contributed by atoms with Crippen molar-refractivity contribution in [2.24, 2.45) is 0 Å². The third-order valence-corrected chi connectivity index (χ3v) is 5.28. The zero-order valence-corrected chi connectivity index (χ0v) is 15.2. The number of nitrogens with zero attached hydrogens (tertiary/aromatic N) is 2. The van der Waals surface area contributed by atoms with E-state index < -0.39 is 10.0 Å². The molecule has 1 aromatic carbocycles. The predicted molar refractivity (Wildman–Crippen MR) is 86.2 cm³/mol. The van der Waals surface area contributed by atoms with Gasteiger partial charge < -0.3 is 4.74 Å². The third kappa shape index (κ3) is 4.06. The molecule has 0 amide bonds. The molecule has 112 valence electrons. The van der Waals surface area contributed by atoms with Crippen LogP contribution >= 0.6 is 43.5 Å². The third-order valence-electron chi connectivity index (χ3n) is 2.29. The molecule has 0 aliphatic heterocycles. The van der Waals surface area contributed by atoms with E-state index in [4.69, 9.17) is 16.3 Å². The normalized spacial score (nSPS) is 11.2. The number of ether oxygens (including phenoxy) is 1. The van der Waals surface area contributed by atoms with Gasteiger partial charge in [-0.3, -0.25) is 0 Å². The van der Waals surface area contributed by atoms with E-state index in [0.717, 1.165) is 4.47 Å². The summed E-state index contributed by atoms with van der Waals surface area (Å²) in [6.07, 6.45) is 0. The van der Waals surface area contributed by atoms with E-state index in [1.54, 1.807) is 12.1 Å². The number of methoxy groups -OCH3 is 1. The van der Waals surface area contributed by atoms with Gasteiger partial charge >= 0.3 is 0 Å². The van der Waals surface area contributed by atoms with Crippen molar-refractivity contribution < 1.29 is 13.2 Å². The Bertz CT molecular complexity index is 786. The highest BCUT2D eigenvalue weighted by Crippen LogP contribution is 2.27. The van der Waals surface area contributed by atoms with Crippen molar-refractivity contribution in [3.05, 3.63) is 38.4 Å². The quantitative estimate of drug-likeness (QED) is 0.711. The molecule has 6 nitrogen and oxygen atoms in total. The molecular formula is C11H8Br2ClN3O3S. The summed E-state index contributed by atoms with van der Waals surface area (Å²) in [5.41, 5.74) is 0. The molecule has 0 saturated carbocycles. The van der Waals surface area contributed by atoms with E-state index >= 15 is 0 Å². The number of aromatic nitrogens is 2. The maximum atomic E-state index is 12.3. The number of sulfonamides is 1. The highest BCUT2D eigenvalue weighted by molar-refractivity contribution is 9.11. The van der Waals surface area contributed by atoms with Crippen molar-refractivity contribution in [3.8, 4) is 5.88 Å². The zero-order valence-electron chi connectivity index (χ0n) is 10.5. The zero-order chi connectivity index (χ0) is 15.6. The van der Waals surface area contributed by atoms with Gasteiger partial charge in [0.2, 0.25) is 11.8 Å². The summed E-state index contributed by atoms with van der Waals surface area (Å²) < 4.78 is 33.0. The van der Waals surface area contributed by atoms with Gasteiger partial charge in [0.15, 0.2) is 0 Å². The molecule has 0 saturated heterocycles. The fraction of sp³-hybridized carbons (Fsp3) is 0.0909. The molecule has 0 bridgehead atoms. The van der Waals surface area contributed by atoms with Crippen LogP contribution in [-0.2, 0) is 10.0 Å². The Hall–Kier alpha value is -0.900. The van der Waals surface area contributed by atoms with Crippen molar-refractivity contribution in [2.45, 2.75) is 4.90 Å². The Labute approximate surface area is 143 Å². The van der Waals surface area contributed by atoms with Crippen molar-refractivity contribution in [2.75, 3.05) is 11.8 Å². The van der Waals surface area contributed by atoms with Crippen molar-refractivity contribution in [1.82, 2.24) is 9.97 Å². The lowest BCUT2D eigenvalue weighted by atomic mass is 10.4. The van der Waals surface area contributed by atoms with E-state index in [2.05, 4.69) is 46.5 Å². The lowest BCUT2D eigenvalue weighted by Gasteiger charge is -2.09. The molecule has 2 rings (SSSR count). The molecule has 10 heteroatoms. The molecule has 0 aliphatic carbocycles. The minimum absolute atomic E-state index is 0.0493. The van der Waals surface area contributed by atoms with E-state index in [1.165, 1.54) is 19.2 Å². The fourth-order valence-electron chi connectivity index (χ4n) is 1.42. The molecule has 0 radical (unpaired) electrons. The standard InChI is InChI=1S/C11H8Br2ClN3O3S/c1-20-10-5-9(14)15-11(16-10)17-21(18,19)8-3-2-6(12)4-7(8)13/h2-5H,1H3,(H,15,16,17). The maximum absolute atomic E-state index is 12.3. The van der Waals surface area contributed by atoms with Crippen LogP contribution in [0, 0.1) is 0 Å². The van der Waals surface area contributed by atoms with E-state index in [0.29, 0.717) is 4.47 Å². The molecule has 0 atom stereocenters. The summed E-state index contributed by atoms with van der Waals surface area (Å²) in [7, 11) is -2.47. The number of hydrogen-bond donors (Lipinski definition) is 1. The van der Waals surface area contributed by atoms with Crippen LogP contribution in [0.25, 0.3) is 0 Å². The predicted octanol–water partition coefficient (Wildman–Crippen LogP) is 3.46.